The number of nitrogens with one attached hydrogen (secondary N) is 2. The van der Waals surface area contributed by atoms with E-state index in [4.69, 9.17) is 16.3 Å². The van der Waals surface area contributed by atoms with Crippen LogP contribution in [0.25, 0.3) is 10.9 Å². The number of carbonyl (C=O) groups is 1. The smallest absolute Gasteiger partial charge is 0.243 e. The Hall–Kier alpha value is -2.88. The molecule has 2 aromatic carbocycles. The van der Waals surface area contributed by atoms with Crippen molar-refractivity contribution in [2.45, 2.75) is 24.7 Å². The highest BCUT2D eigenvalue weighted by Crippen LogP contribution is 2.27. The Morgan fingerprint density at radius 3 is 2.80 bits per heavy atom. The van der Waals surface area contributed by atoms with Gasteiger partial charge in [-0.25, -0.2) is 8.42 Å². The predicted molar refractivity (Wildman–Crippen MR) is 137 cm³/mol. The molecule has 1 aliphatic rings. The highest BCUT2D eigenvalue weighted by atomic mass is 35.5. The molecule has 3 aromatic rings. The zero-order valence-corrected chi connectivity index (χ0v) is 21.3. The molecule has 8 nitrogen and oxygen atoms in total. The molecule has 35 heavy (non-hydrogen) atoms. The molecule has 0 bridgehead atoms. The number of pyridine rings is 1. The molecule has 0 unspecified atom stereocenters. The van der Waals surface area contributed by atoms with Crippen molar-refractivity contribution >= 4 is 44.1 Å². The van der Waals surface area contributed by atoms with Gasteiger partial charge in [-0.3, -0.25) is 9.78 Å². The van der Waals surface area contributed by atoms with Gasteiger partial charge in [0.15, 0.2) is 0 Å². The average Bonchev–Trinajstić information content (AvgIpc) is 2.86. The minimum Gasteiger partial charge on any atom is -0.496 e. The Morgan fingerprint density at radius 2 is 2.03 bits per heavy atom. The maximum atomic E-state index is 13.2. The zero-order valence-electron chi connectivity index (χ0n) is 19.8. The van der Waals surface area contributed by atoms with Crippen molar-refractivity contribution in [1.82, 2.24) is 14.6 Å². The van der Waals surface area contributed by atoms with Crippen molar-refractivity contribution in [3.63, 3.8) is 0 Å². The lowest BCUT2D eigenvalue weighted by atomic mass is 9.99. The molecule has 1 amide bonds. The molecule has 10 heteroatoms. The van der Waals surface area contributed by atoms with Gasteiger partial charge in [-0.2, -0.15) is 4.31 Å². The molecule has 1 fully saturated rings. The Balaban J connectivity index is 1.33. The van der Waals surface area contributed by atoms with Gasteiger partial charge in [-0.1, -0.05) is 11.6 Å². The summed E-state index contributed by atoms with van der Waals surface area (Å²) in [6.45, 7) is 3.31. The lowest BCUT2D eigenvalue weighted by Gasteiger charge is -2.31. The lowest BCUT2D eigenvalue weighted by molar-refractivity contribution is -0.125. The number of nitrogens with zero attached hydrogens (tertiary/aromatic N) is 2. The fourth-order valence-electron chi connectivity index (χ4n) is 4.34. The summed E-state index contributed by atoms with van der Waals surface area (Å²) < 4.78 is 33.0. The molecule has 0 radical (unpaired) electrons. The molecule has 186 valence electrons. The number of aromatic nitrogens is 1. The van der Waals surface area contributed by atoms with Gasteiger partial charge in [0.1, 0.15) is 5.75 Å². The number of methoxy groups -OCH3 is 1. The molecular formula is C25H29ClN4O4S. The number of anilines is 1. The van der Waals surface area contributed by atoms with Crippen LogP contribution in [-0.2, 0) is 14.8 Å². The molecule has 2 heterocycles. The summed E-state index contributed by atoms with van der Waals surface area (Å²) in [5, 5.41) is 7.83. The van der Waals surface area contributed by atoms with Crippen molar-refractivity contribution in [3.8, 4) is 5.75 Å². The van der Waals surface area contributed by atoms with Crippen LogP contribution >= 0.6 is 11.6 Å². The lowest BCUT2D eigenvalue weighted by Crippen LogP contribution is -2.46. The van der Waals surface area contributed by atoms with Crippen LogP contribution in [-0.4, -0.2) is 56.9 Å². The minimum absolute atomic E-state index is 0.135. The molecule has 1 saturated heterocycles. The number of hydrogen-bond acceptors (Lipinski definition) is 6. The van der Waals surface area contributed by atoms with Crippen LogP contribution in [0.3, 0.4) is 0 Å². The second-order valence-corrected chi connectivity index (χ2v) is 10.9. The molecule has 4 rings (SSSR count). The molecule has 1 atom stereocenters. The Bertz CT molecular complexity index is 1330. The van der Waals surface area contributed by atoms with E-state index in [0.717, 1.165) is 22.2 Å². The van der Waals surface area contributed by atoms with E-state index in [1.54, 1.807) is 37.6 Å². The van der Waals surface area contributed by atoms with Crippen LogP contribution in [0.5, 0.6) is 5.75 Å². The fraction of sp³-hybridized carbons (Fsp3) is 0.360. The first-order valence-electron chi connectivity index (χ1n) is 11.5. The van der Waals surface area contributed by atoms with E-state index in [1.807, 2.05) is 25.1 Å². The summed E-state index contributed by atoms with van der Waals surface area (Å²) in [5.41, 5.74) is 2.45. The monoisotopic (exact) mass is 516 g/mol. The van der Waals surface area contributed by atoms with E-state index in [0.29, 0.717) is 43.2 Å². The quantitative estimate of drug-likeness (QED) is 0.441. The SMILES string of the molecule is COc1ccc(S(=O)(=O)N2CCC[C@H](C(=O)NCCNc3ccnc4cc(Cl)ccc34)C2)cc1C. The maximum absolute atomic E-state index is 13.2. The maximum Gasteiger partial charge on any atom is 0.243 e. The summed E-state index contributed by atoms with van der Waals surface area (Å²) >= 11 is 6.04. The highest BCUT2D eigenvalue weighted by molar-refractivity contribution is 7.89. The number of aryl methyl sites for hydroxylation is 1. The first kappa shape index (κ1) is 25.2. The van der Waals surface area contributed by atoms with Gasteiger partial charge in [0.05, 0.1) is 23.4 Å². The molecular weight excluding hydrogens is 488 g/mol. The van der Waals surface area contributed by atoms with E-state index < -0.39 is 10.0 Å². The van der Waals surface area contributed by atoms with Gasteiger partial charge in [0, 0.05) is 48.5 Å². The molecule has 1 aromatic heterocycles. The average molecular weight is 517 g/mol. The first-order valence-corrected chi connectivity index (χ1v) is 13.3. The number of benzene rings is 2. The Kier molecular flexibility index (Phi) is 7.78. The molecule has 0 spiro atoms. The van der Waals surface area contributed by atoms with Crippen molar-refractivity contribution in [3.05, 3.63) is 59.2 Å². The third kappa shape index (κ3) is 5.69. The number of fused-ring (bicyclic) bond motifs is 1. The van der Waals surface area contributed by atoms with Crippen LogP contribution in [0, 0.1) is 12.8 Å². The number of amides is 1. The van der Waals surface area contributed by atoms with Crippen LogP contribution in [0.2, 0.25) is 5.02 Å². The number of halogens is 1. The third-order valence-electron chi connectivity index (χ3n) is 6.20. The molecule has 0 aliphatic carbocycles. The Labute approximate surface area is 210 Å². The summed E-state index contributed by atoms with van der Waals surface area (Å²) in [6.07, 6.45) is 3.00. The van der Waals surface area contributed by atoms with Crippen LogP contribution in [0.1, 0.15) is 18.4 Å². The van der Waals surface area contributed by atoms with Crippen LogP contribution < -0.4 is 15.4 Å². The van der Waals surface area contributed by atoms with Crippen LogP contribution in [0.4, 0.5) is 5.69 Å². The number of sulfonamides is 1. The zero-order chi connectivity index (χ0) is 25.0. The Morgan fingerprint density at radius 1 is 1.20 bits per heavy atom. The number of hydrogen-bond donors (Lipinski definition) is 2. The summed E-state index contributed by atoms with van der Waals surface area (Å²) in [7, 11) is -2.14. The van der Waals surface area contributed by atoms with Crippen molar-refractivity contribution in [2.24, 2.45) is 5.92 Å². The van der Waals surface area contributed by atoms with Crippen molar-refractivity contribution in [1.29, 1.82) is 0 Å². The van der Waals surface area contributed by atoms with E-state index in [9.17, 15) is 13.2 Å². The van der Waals surface area contributed by atoms with E-state index >= 15 is 0 Å². The van der Waals surface area contributed by atoms with Gasteiger partial charge in [0.2, 0.25) is 15.9 Å². The summed E-state index contributed by atoms with van der Waals surface area (Å²) in [4.78, 5) is 17.3. The first-order chi connectivity index (χ1) is 16.8. The van der Waals surface area contributed by atoms with E-state index in [-0.39, 0.29) is 23.3 Å². The van der Waals surface area contributed by atoms with Gasteiger partial charge in [-0.15, -0.1) is 0 Å². The van der Waals surface area contributed by atoms with Gasteiger partial charge >= 0.3 is 0 Å². The van der Waals surface area contributed by atoms with Gasteiger partial charge in [0.25, 0.3) is 0 Å². The topological polar surface area (TPSA) is 101 Å². The summed E-state index contributed by atoms with van der Waals surface area (Å²) in [5.74, 6) is 0.114. The largest absolute Gasteiger partial charge is 0.496 e. The fourth-order valence-corrected chi connectivity index (χ4v) is 6.11. The highest BCUT2D eigenvalue weighted by Gasteiger charge is 2.33. The second kappa shape index (κ2) is 10.8. The van der Waals surface area contributed by atoms with Crippen molar-refractivity contribution < 1.29 is 17.9 Å². The van der Waals surface area contributed by atoms with Gasteiger partial charge in [-0.05, 0) is 67.8 Å². The predicted octanol–water partition coefficient (Wildman–Crippen LogP) is 3.83. The number of rotatable bonds is 8. The number of piperidine rings is 1. The number of carbonyl (C=O) groups excluding carboxylic acids is 1. The third-order valence-corrected chi connectivity index (χ3v) is 8.30. The minimum atomic E-state index is -3.69. The summed E-state index contributed by atoms with van der Waals surface area (Å²) in [6, 6.07) is 12.2. The molecule has 1 aliphatic heterocycles. The van der Waals surface area contributed by atoms with Crippen molar-refractivity contribution in [2.75, 3.05) is 38.6 Å². The van der Waals surface area contributed by atoms with E-state index in [2.05, 4.69) is 15.6 Å². The standard InChI is InChI=1S/C25H29ClN4O4S/c1-17-14-20(6-8-24(17)34-2)35(32,33)30-13-3-4-18(16-30)25(31)29-12-11-28-22-9-10-27-23-15-19(26)5-7-21(22)23/h5-10,14-15,18H,3-4,11-13,16H2,1-2H3,(H,27,28)(H,29,31)/t18-/m0/s1. The normalized spacial score (nSPS) is 16.7. The van der Waals surface area contributed by atoms with E-state index in [1.165, 1.54) is 4.31 Å². The van der Waals surface area contributed by atoms with Gasteiger partial charge < -0.3 is 15.4 Å². The van der Waals surface area contributed by atoms with Crippen LogP contribution in [0.15, 0.2) is 53.6 Å². The molecule has 0 saturated carbocycles. The number of ether oxygens (including phenoxy) is 1. The second-order valence-electron chi connectivity index (χ2n) is 8.57. The molecule has 2 N–H and O–H groups in total.